The smallest absolute Gasteiger partial charge is 0.412 e. The fraction of sp³-hybridized carbons (Fsp3) is 0.222. The minimum absolute atomic E-state index is 0.515. The van der Waals surface area contributed by atoms with Gasteiger partial charge in [0.2, 0.25) is 0 Å². The van der Waals surface area contributed by atoms with Crippen LogP contribution in [0.5, 0.6) is 11.5 Å². The van der Waals surface area contributed by atoms with Crippen molar-refractivity contribution in [2.75, 3.05) is 10.6 Å². The molecule has 132 valence electrons. The number of anilines is 2. The summed E-state index contributed by atoms with van der Waals surface area (Å²) in [5, 5.41) is 5.12. The number of nitrogens with two attached hydrogens (primary N) is 1. The third-order valence-electron chi connectivity index (χ3n) is 2.86. The second kappa shape index (κ2) is 7.57. The van der Waals surface area contributed by atoms with E-state index in [0.29, 0.717) is 22.9 Å². The van der Waals surface area contributed by atoms with Crippen molar-refractivity contribution >= 4 is 23.5 Å². The van der Waals surface area contributed by atoms with Crippen LogP contribution in [0, 0.1) is 0 Å². The molecule has 25 heavy (non-hydrogen) atoms. The van der Waals surface area contributed by atoms with E-state index >= 15 is 0 Å². The van der Waals surface area contributed by atoms with Crippen LogP contribution in [0.2, 0.25) is 0 Å². The Morgan fingerprint density at radius 2 is 1.28 bits per heavy atom. The van der Waals surface area contributed by atoms with Crippen LogP contribution in [0.3, 0.4) is 0 Å². The highest BCUT2D eigenvalue weighted by Gasteiger charge is 2.16. The first-order valence-electron chi connectivity index (χ1n) is 7.66. The first-order chi connectivity index (χ1) is 11.7. The Morgan fingerprint density at radius 1 is 0.840 bits per heavy atom. The average molecular weight is 343 g/mol. The lowest BCUT2D eigenvalue weighted by atomic mass is 10.2. The van der Waals surface area contributed by atoms with E-state index in [4.69, 9.17) is 15.2 Å². The Balaban J connectivity index is 1.93. The number of nitrogens with one attached hydrogen (secondary N) is 2. The zero-order valence-electron chi connectivity index (χ0n) is 14.3. The Morgan fingerprint density at radius 3 is 1.68 bits per heavy atom. The molecule has 4 N–H and O–H groups in total. The summed E-state index contributed by atoms with van der Waals surface area (Å²) in [5.74, 6) is 1.20. The molecule has 7 heteroatoms. The van der Waals surface area contributed by atoms with Crippen molar-refractivity contribution in [3.63, 3.8) is 0 Å². The maximum atomic E-state index is 11.7. The molecule has 0 heterocycles. The van der Waals surface area contributed by atoms with E-state index in [9.17, 15) is 9.59 Å². The zero-order valence-corrected chi connectivity index (χ0v) is 14.3. The molecule has 3 amide bonds. The maximum absolute atomic E-state index is 11.7. The molecule has 0 unspecified atom stereocenters. The number of hydrogen-bond acceptors (Lipinski definition) is 4. The average Bonchev–Trinajstić information content (AvgIpc) is 2.49. The number of carbonyl (C=O) groups is 2. The summed E-state index contributed by atoms with van der Waals surface area (Å²) in [4.78, 5) is 22.5. The minimum Gasteiger partial charge on any atom is -0.457 e. The van der Waals surface area contributed by atoms with Gasteiger partial charge in [0.1, 0.15) is 17.1 Å². The Hall–Kier alpha value is -3.22. The van der Waals surface area contributed by atoms with Crippen LogP contribution in [0.15, 0.2) is 48.5 Å². The highest BCUT2D eigenvalue weighted by molar-refractivity contribution is 5.87. The van der Waals surface area contributed by atoms with Gasteiger partial charge in [0.25, 0.3) is 0 Å². The number of ether oxygens (including phenoxy) is 2. The lowest BCUT2D eigenvalue weighted by molar-refractivity contribution is 0.0636. The Bertz CT molecular complexity index is 734. The Labute approximate surface area is 146 Å². The second-order valence-corrected chi connectivity index (χ2v) is 6.27. The number of urea groups is 1. The van der Waals surface area contributed by atoms with Gasteiger partial charge < -0.3 is 20.5 Å². The molecule has 0 atom stereocenters. The first-order valence-corrected chi connectivity index (χ1v) is 7.66. The van der Waals surface area contributed by atoms with Crippen molar-refractivity contribution in [1.29, 1.82) is 0 Å². The van der Waals surface area contributed by atoms with Crippen molar-refractivity contribution < 1.29 is 19.1 Å². The quantitative estimate of drug-likeness (QED) is 0.769. The highest BCUT2D eigenvalue weighted by Crippen LogP contribution is 2.24. The highest BCUT2D eigenvalue weighted by atomic mass is 16.6. The number of amides is 3. The summed E-state index contributed by atoms with van der Waals surface area (Å²) in [6.07, 6.45) is -0.515. The van der Waals surface area contributed by atoms with Crippen LogP contribution >= 0.6 is 0 Å². The van der Waals surface area contributed by atoms with E-state index in [2.05, 4.69) is 10.6 Å². The van der Waals surface area contributed by atoms with E-state index in [-0.39, 0.29) is 0 Å². The van der Waals surface area contributed by atoms with E-state index < -0.39 is 17.7 Å². The van der Waals surface area contributed by atoms with Crippen LogP contribution in [0.25, 0.3) is 0 Å². The van der Waals surface area contributed by atoms with Gasteiger partial charge in [0, 0.05) is 11.4 Å². The molecular formula is C18H21N3O4. The maximum Gasteiger partial charge on any atom is 0.412 e. The van der Waals surface area contributed by atoms with Crippen molar-refractivity contribution in [2.24, 2.45) is 5.73 Å². The van der Waals surface area contributed by atoms with Gasteiger partial charge in [-0.2, -0.15) is 0 Å². The monoisotopic (exact) mass is 343 g/mol. The summed E-state index contributed by atoms with van der Waals surface area (Å²) >= 11 is 0. The molecule has 0 aliphatic heterocycles. The number of benzene rings is 2. The van der Waals surface area contributed by atoms with Crippen LogP contribution < -0.4 is 21.1 Å². The van der Waals surface area contributed by atoms with Gasteiger partial charge >= 0.3 is 12.1 Å². The van der Waals surface area contributed by atoms with E-state index in [1.165, 1.54) is 0 Å². The SMILES string of the molecule is CC(C)(C)OC(=O)Nc1ccc(Oc2ccc(NC(N)=O)cc2)cc1. The van der Waals surface area contributed by atoms with E-state index in [1.54, 1.807) is 69.3 Å². The fourth-order valence-corrected chi connectivity index (χ4v) is 1.91. The molecule has 7 nitrogen and oxygen atoms in total. The predicted octanol–water partition coefficient (Wildman–Crippen LogP) is 4.32. The molecule has 0 saturated heterocycles. The summed E-state index contributed by atoms with van der Waals surface area (Å²) in [5.41, 5.74) is 5.68. The Kier molecular flexibility index (Phi) is 5.49. The van der Waals surface area contributed by atoms with Crippen LogP contribution in [0.1, 0.15) is 20.8 Å². The van der Waals surface area contributed by atoms with Crippen molar-refractivity contribution in [3.05, 3.63) is 48.5 Å². The van der Waals surface area contributed by atoms with Crippen LogP contribution in [0.4, 0.5) is 21.0 Å². The summed E-state index contributed by atoms with van der Waals surface area (Å²) in [7, 11) is 0. The number of hydrogen-bond donors (Lipinski definition) is 3. The molecule has 2 rings (SSSR count). The molecule has 2 aromatic carbocycles. The molecule has 0 bridgehead atoms. The van der Waals surface area contributed by atoms with Crippen molar-refractivity contribution in [2.45, 2.75) is 26.4 Å². The topological polar surface area (TPSA) is 103 Å². The molecule has 0 fully saturated rings. The van der Waals surface area contributed by atoms with Gasteiger partial charge in [-0.1, -0.05) is 0 Å². The van der Waals surface area contributed by atoms with Gasteiger partial charge in [-0.3, -0.25) is 5.32 Å². The summed E-state index contributed by atoms with van der Waals surface area (Å²) in [6, 6.07) is 13.0. The second-order valence-electron chi connectivity index (χ2n) is 6.27. The van der Waals surface area contributed by atoms with Gasteiger partial charge in [0.15, 0.2) is 0 Å². The predicted molar refractivity (Wildman–Crippen MR) is 96.0 cm³/mol. The summed E-state index contributed by atoms with van der Waals surface area (Å²) in [6.45, 7) is 5.40. The molecule has 0 saturated carbocycles. The molecule has 2 aromatic rings. The van der Waals surface area contributed by atoms with Gasteiger partial charge in [0.05, 0.1) is 0 Å². The fourth-order valence-electron chi connectivity index (χ4n) is 1.91. The van der Waals surface area contributed by atoms with E-state index in [1.807, 2.05) is 0 Å². The number of carbonyl (C=O) groups excluding carboxylic acids is 2. The molecule has 0 radical (unpaired) electrons. The minimum atomic E-state index is -0.623. The number of rotatable bonds is 4. The molecular weight excluding hydrogens is 322 g/mol. The molecule has 0 aromatic heterocycles. The van der Waals surface area contributed by atoms with Crippen molar-refractivity contribution in [1.82, 2.24) is 0 Å². The molecule has 0 aliphatic carbocycles. The van der Waals surface area contributed by atoms with Crippen LogP contribution in [-0.4, -0.2) is 17.7 Å². The summed E-state index contributed by atoms with van der Waals surface area (Å²) < 4.78 is 10.9. The standard InChI is InChI=1S/C18H21N3O4/c1-18(2,3)25-17(23)21-13-6-10-15(11-7-13)24-14-8-4-12(5-9-14)20-16(19)22/h4-11H,1-3H3,(H,21,23)(H3,19,20,22). The van der Waals surface area contributed by atoms with Crippen LogP contribution in [-0.2, 0) is 4.74 Å². The zero-order chi connectivity index (χ0) is 18.4. The molecule has 0 aliphatic rings. The lowest BCUT2D eigenvalue weighted by Crippen LogP contribution is -2.27. The lowest BCUT2D eigenvalue weighted by Gasteiger charge is -2.19. The largest absolute Gasteiger partial charge is 0.457 e. The molecule has 0 spiro atoms. The van der Waals surface area contributed by atoms with Crippen molar-refractivity contribution in [3.8, 4) is 11.5 Å². The van der Waals surface area contributed by atoms with Gasteiger partial charge in [-0.05, 0) is 69.3 Å². The van der Waals surface area contributed by atoms with E-state index in [0.717, 1.165) is 0 Å². The normalized spacial score (nSPS) is 10.7. The number of primary amides is 1. The third-order valence-corrected chi connectivity index (χ3v) is 2.86. The first kappa shape index (κ1) is 18.1. The van der Waals surface area contributed by atoms with Gasteiger partial charge in [-0.15, -0.1) is 0 Å². The third kappa shape index (κ3) is 6.42. The van der Waals surface area contributed by atoms with Gasteiger partial charge in [-0.25, -0.2) is 9.59 Å².